The molecular weight excluding hydrogens is 388 g/mol. The fraction of sp³-hybridized carbons (Fsp3) is 0.0968. The Balaban J connectivity index is 1.43. The van der Waals surface area contributed by atoms with Crippen LogP contribution in [0.5, 0.6) is 0 Å². The van der Waals surface area contributed by atoms with Crippen LogP contribution in [0.4, 0.5) is 0 Å². The van der Waals surface area contributed by atoms with Gasteiger partial charge in [0, 0.05) is 22.3 Å². The third kappa shape index (κ3) is 3.01. The van der Waals surface area contributed by atoms with Crippen LogP contribution in [0.15, 0.2) is 114 Å². The van der Waals surface area contributed by atoms with Gasteiger partial charge in [-0.15, -0.1) is 0 Å². The highest BCUT2D eigenvalue weighted by Gasteiger charge is 2.16. The van der Waals surface area contributed by atoms with Crippen LogP contribution in [-0.4, -0.2) is 0 Å². The molecule has 0 saturated carbocycles. The molecular formula is C31H24O. The molecule has 0 amide bonds. The normalized spacial score (nSPS) is 12.5. The Morgan fingerprint density at radius 2 is 1.31 bits per heavy atom. The fourth-order valence-electron chi connectivity index (χ4n) is 5.06. The molecule has 1 heteroatoms. The molecule has 0 saturated heterocycles. The number of para-hydroxylation sites is 2. The van der Waals surface area contributed by atoms with E-state index in [1.165, 1.54) is 38.2 Å². The van der Waals surface area contributed by atoms with Gasteiger partial charge in [-0.2, -0.15) is 0 Å². The highest BCUT2D eigenvalue weighted by molar-refractivity contribution is 6.09. The molecule has 32 heavy (non-hydrogen) atoms. The summed E-state index contributed by atoms with van der Waals surface area (Å²) >= 11 is 0. The Morgan fingerprint density at radius 3 is 2.16 bits per heavy atom. The van der Waals surface area contributed by atoms with E-state index in [2.05, 4.69) is 104 Å². The molecule has 154 valence electrons. The molecule has 0 spiro atoms. The van der Waals surface area contributed by atoms with Crippen LogP contribution in [0.25, 0.3) is 43.8 Å². The van der Waals surface area contributed by atoms with Crippen molar-refractivity contribution in [3.05, 3.63) is 120 Å². The van der Waals surface area contributed by atoms with Crippen LogP contribution in [0.1, 0.15) is 30.4 Å². The Hall–Kier alpha value is -3.84. The van der Waals surface area contributed by atoms with Gasteiger partial charge in [0.15, 0.2) is 0 Å². The zero-order valence-electron chi connectivity index (χ0n) is 18.1. The summed E-state index contributed by atoms with van der Waals surface area (Å²) in [5.74, 6) is 0.372. The molecule has 0 aliphatic rings. The van der Waals surface area contributed by atoms with Gasteiger partial charge in [0.1, 0.15) is 11.2 Å². The van der Waals surface area contributed by atoms with Crippen molar-refractivity contribution in [1.29, 1.82) is 0 Å². The smallest absolute Gasteiger partial charge is 0.143 e. The molecule has 1 nitrogen and oxygen atoms in total. The third-order valence-corrected chi connectivity index (χ3v) is 6.64. The Bertz CT molecular complexity index is 1550. The molecule has 0 aliphatic carbocycles. The highest BCUT2D eigenvalue weighted by atomic mass is 16.3. The highest BCUT2D eigenvalue weighted by Crippen LogP contribution is 2.37. The van der Waals surface area contributed by atoms with Crippen molar-refractivity contribution in [3.63, 3.8) is 0 Å². The SMILES string of the molecule is CCC(c1ccc(-c2cccc3c2oc2ccccc23)cc1)c1cccc2ccccc12. The summed E-state index contributed by atoms with van der Waals surface area (Å²) in [5, 5.41) is 4.99. The Morgan fingerprint density at radius 1 is 0.625 bits per heavy atom. The minimum atomic E-state index is 0.372. The lowest BCUT2D eigenvalue weighted by atomic mass is 9.85. The lowest BCUT2D eigenvalue weighted by molar-refractivity contribution is 0.670. The standard InChI is InChI=1S/C31H24O/c1-2-24(27-14-7-10-21-9-3-4-11-25(21)27)22-17-19-23(20-18-22)26-13-8-15-29-28-12-5-6-16-30(28)32-31(26)29/h3-20,24H,2H2,1H3. The van der Waals surface area contributed by atoms with Crippen LogP contribution in [-0.2, 0) is 0 Å². The second kappa shape index (κ2) is 7.69. The van der Waals surface area contributed by atoms with E-state index in [0.717, 1.165) is 23.2 Å². The summed E-state index contributed by atoms with van der Waals surface area (Å²) in [5.41, 5.74) is 6.98. The van der Waals surface area contributed by atoms with Crippen LogP contribution >= 0.6 is 0 Å². The van der Waals surface area contributed by atoms with E-state index in [9.17, 15) is 0 Å². The monoisotopic (exact) mass is 412 g/mol. The minimum Gasteiger partial charge on any atom is -0.455 e. The summed E-state index contributed by atoms with van der Waals surface area (Å²) in [6, 6.07) is 39.1. The van der Waals surface area contributed by atoms with Gasteiger partial charge in [0.2, 0.25) is 0 Å². The van der Waals surface area contributed by atoms with Gasteiger partial charge in [-0.3, -0.25) is 0 Å². The number of fused-ring (bicyclic) bond motifs is 4. The lowest BCUT2D eigenvalue weighted by Gasteiger charge is -2.19. The quantitative estimate of drug-likeness (QED) is 0.282. The Kier molecular flexibility index (Phi) is 4.54. The predicted octanol–water partition coefficient (Wildman–Crippen LogP) is 8.95. The van der Waals surface area contributed by atoms with Crippen molar-refractivity contribution in [3.8, 4) is 11.1 Å². The van der Waals surface area contributed by atoms with E-state index in [1.807, 2.05) is 12.1 Å². The number of benzene rings is 5. The van der Waals surface area contributed by atoms with Crippen molar-refractivity contribution >= 4 is 32.7 Å². The van der Waals surface area contributed by atoms with Gasteiger partial charge in [-0.1, -0.05) is 110 Å². The van der Waals surface area contributed by atoms with Crippen molar-refractivity contribution in [1.82, 2.24) is 0 Å². The molecule has 1 atom stereocenters. The first kappa shape index (κ1) is 18.9. The van der Waals surface area contributed by atoms with Gasteiger partial charge in [-0.05, 0) is 39.9 Å². The van der Waals surface area contributed by atoms with Crippen molar-refractivity contribution in [2.24, 2.45) is 0 Å². The average Bonchev–Trinajstić information content (AvgIpc) is 3.24. The molecule has 0 N–H and O–H groups in total. The van der Waals surface area contributed by atoms with Gasteiger partial charge < -0.3 is 4.42 Å². The maximum atomic E-state index is 6.25. The maximum Gasteiger partial charge on any atom is 0.143 e. The van der Waals surface area contributed by atoms with Gasteiger partial charge in [-0.25, -0.2) is 0 Å². The number of hydrogen-bond acceptors (Lipinski definition) is 1. The summed E-state index contributed by atoms with van der Waals surface area (Å²) in [6.45, 7) is 2.27. The molecule has 0 bridgehead atoms. The van der Waals surface area contributed by atoms with E-state index in [0.29, 0.717) is 5.92 Å². The molecule has 0 fully saturated rings. The number of hydrogen-bond donors (Lipinski definition) is 0. The Labute approximate surface area is 187 Å². The average molecular weight is 413 g/mol. The zero-order valence-corrected chi connectivity index (χ0v) is 18.1. The summed E-state index contributed by atoms with van der Waals surface area (Å²) in [6.07, 6.45) is 1.06. The van der Waals surface area contributed by atoms with Crippen LogP contribution in [0, 0.1) is 0 Å². The molecule has 1 aromatic heterocycles. The molecule has 1 heterocycles. The maximum absolute atomic E-state index is 6.25. The van der Waals surface area contributed by atoms with E-state index in [1.54, 1.807) is 0 Å². The molecule has 0 aliphatic heterocycles. The van der Waals surface area contributed by atoms with E-state index >= 15 is 0 Å². The van der Waals surface area contributed by atoms with Crippen LogP contribution in [0.2, 0.25) is 0 Å². The van der Waals surface area contributed by atoms with Crippen molar-refractivity contribution in [2.45, 2.75) is 19.3 Å². The first-order chi connectivity index (χ1) is 15.8. The first-order valence-electron chi connectivity index (χ1n) is 11.3. The van der Waals surface area contributed by atoms with E-state index < -0.39 is 0 Å². The molecule has 6 rings (SSSR count). The molecule has 6 aromatic rings. The second-order valence-electron chi connectivity index (χ2n) is 8.43. The van der Waals surface area contributed by atoms with E-state index in [4.69, 9.17) is 4.42 Å². The summed E-state index contributed by atoms with van der Waals surface area (Å²) < 4.78 is 6.25. The van der Waals surface area contributed by atoms with E-state index in [-0.39, 0.29) is 0 Å². The first-order valence-corrected chi connectivity index (χ1v) is 11.3. The third-order valence-electron chi connectivity index (χ3n) is 6.64. The second-order valence-corrected chi connectivity index (χ2v) is 8.43. The zero-order chi connectivity index (χ0) is 21.5. The molecule has 0 radical (unpaired) electrons. The lowest BCUT2D eigenvalue weighted by Crippen LogP contribution is -2.00. The summed E-state index contributed by atoms with van der Waals surface area (Å²) in [4.78, 5) is 0. The van der Waals surface area contributed by atoms with Gasteiger partial charge >= 0.3 is 0 Å². The van der Waals surface area contributed by atoms with Crippen molar-refractivity contribution in [2.75, 3.05) is 0 Å². The molecule has 5 aromatic carbocycles. The number of furan rings is 1. The largest absolute Gasteiger partial charge is 0.455 e. The van der Waals surface area contributed by atoms with Crippen LogP contribution in [0.3, 0.4) is 0 Å². The van der Waals surface area contributed by atoms with Crippen LogP contribution < -0.4 is 0 Å². The van der Waals surface area contributed by atoms with Gasteiger partial charge in [0.25, 0.3) is 0 Å². The number of rotatable bonds is 4. The predicted molar refractivity (Wildman–Crippen MR) is 135 cm³/mol. The van der Waals surface area contributed by atoms with Gasteiger partial charge in [0.05, 0.1) is 0 Å². The fourth-order valence-corrected chi connectivity index (χ4v) is 5.06. The van der Waals surface area contributed by atoms with Crippen molar-refractivity contribution < 1.29 is 4.42 Å². The minimum absolute atomic E-state index is 0.372. The molecule has 1 unspecified atom stereocenters. The summed E-state index contributed by atoms with van der Waals surface area (Å²) in [7, 11) is 0. The topological polar surface area (TPSA) is 13.1 Å².